The average Bonchev–Trinajstić information content (AvgIpc) is 3.67. The van der Waals surface area contributed by atoms with Gasteiger partial charge >= 0.3 is 0 Å². The summed E-state index contributed by atoms with van der Waals surface area (Å²) < 4.78 is 33.5. The van der Waals surface area contributed by atoms with Crippen LogP contribution in [0.2, 0.25) is 0 Å². The van der Waals surface area contributed by atoms with Crippen molar-refractivity contribution in [1.29, 1.82) is 0 Å². The molecule has 172 valence electrons. The highest BCUT2D eigenvalue weighted by molar-refractivity contribution is 7.89. The van der Waals surface area contributed by atoms with Crippen LogP contribution < -0.4 is 14.8 Å². The van der Waals surface area contributed by atoms with Gasteiger partial charge in [-0.2, -0.15) is 0 Å². The van der Waals surface area contributed by atoms with E-state index in [4.69, 9.17) is 4.74 Å². The standard InChI is InChI=1S/C25H27N3O4S/c1-18(20-6-4-9-23(14-20)32-17-22-8-2-3-13-26-22)28-25(29)21-7-5-10-24(15-21)33(30,31)27-16-19-11-12-19/h2-10,13-15,18-19,27H,11-12,16-17H2,1H3,(H,28,29). The summed E-state index contributed by atoms with van der Waals surface area (Å²) in [4.78, 5) is 17.1. The Labute approximate surface area is 194 Å². The topological polar surface area (TPSA) is 97.4 Å². The van der Waals surface area contributed by atoms with E-state index in [1.165, 1.54) is 12.1 Å². The molecule has 1 unspecified atom stereocenters. The molecule has 2 aromatic carbocycles. The lowest BCUT2D eigenvalue weighted by Gasteiger charge is -2.16. The van der Waals surface area contributed by atoms with E-state index in [1.54, 1.807) is 18.3 Å². The molecular formula is C25H27N3O4S. The number of nitrogens with one attached hydrogen (secondary N) is 2. The van der Waals surface area contributed by atoms with Gasteiger partial charge in [-0.05, 0) is 73.7 Å². The molecule has 1 heterocycles. The van der Waals surface area contributed by atoms with Crippen LogP contribution in [0, 0.1) is 5.92 Å². The first-order valence-electron chi connectivity index (χ1n) is 10.9. The van der Waals surface area contributed by atoms with E-state index in [2.05, 4.69) is 15.0 Å². The van der Waals surface area contributed by atoms with Crippen LogP contribution >= 0.6 is 0 Å². The molecule has 3 aromatic rings. The van der Waals surface area contributed by atoms with E-state index < -0.39 is 10.0 Å². The van der Waals surface area contributed by atoms with Crippen molar-refractivity contribution in [3.63, 3.8) is 0 Å². The van der Waals surface area contributed by atoms with Gasteiger partial charge < -0.3 is 10.1 Å². The summed E-state index contributed by atoms with van der Waals surface area (Å²) in [7, 11) is -3.64. The molecule has 0 aliphatic heterocycles. The zero-order chi connectivity index (χ0) is 23.3. The van der Waals surface area contributed by atoms with Crippen LogP contribution in [-0.2, 0) is 16.6 Å². The first kappa shape index (κ1) is 22.9. The summed E-state index contributed by atoms with van der Waals surface area (Å²) in [5, 5.41) is 2.93. The van der Waals surface area contributed by atoms with Crippen molar-refractivity contribution in [3.05, 3.63) is 89.7 Å². The summed E-state index contributed by atoms with van der Waals surface area (Å²) in [6.45, 7) is 2.66. The number of amides is 1. The fourth-order valence-corrected chi connectivity index (χ4v) is 4.48. The summed E-state index contributed by atoms with van der Waals surface area (Å²) in [5.74, 6) is 0.756. The molecule has 1 aliphatic carbocycles. The van der Waals surface area contributed by atoms with Gasteiger partial charge in [0.05, 0.1) is 16.6 Å². The molecule has 1 atom stereocenters. The zero-order valence-electron chi connectivity index (χ0n) is 18.4. The average molecular weight is 466 g/mol. The second-order valence-electron chi connectivity index (χ2n) is 8.20. The lowest BCUT2D eigenvalue weighted by atomic mass is 10.1. The van der Waals surface area contributed by atoms with E-state index in [9.17, 15) is 13.2 Å². The molecule has 1 amide bonds. The van der Waals surface area contributed by atoms with Gasteiger partial charge in [0, 0.05) is 18.3 Å². The van der Waals surface area contributed by atoms with E-state index in [0.717, 1.165) is 24.1 Å². The maximum absolute atomic E-state index is 12.8. The van der Waals surface area contributed by atoms with Crippen LogP contribution in [0.4, 0.5) is 0 Å². The van der Waals surface area contributed by atoms with Crippen molar-refractivity contribution in [2.24, 2.45) is 5.92 Å². The summed E-state index contributed by atoms with van der Waals surface area (Å²) in [6.07, 6.45) is 3.83. The minimum atomic E-state index is -3.64. The van der Waals surface area contributed by atoms with Crippen molar-refractivity contribution in [3.8, 4) is 5.75 Å². The van der Waals surface area contributed by atoms with Crippen molar-refractivity contribution in [2.45, 2.75) is 37.3 Å². The molecule has 1 aliphatic rings. The Morgan fingerprint density at radius 1 is 1.09 bits per heavy atom. The molecule has 1 saturated carbocycles. The second kappa shape index (κ2) is 10.1. The minimum Gasteiger partial charge on any atom is -0.487 e. The number of aromatic nitrogens is 1. The van der Waals surface area contributed by atoms with Crippen molar-refractivity contribution < 1.29 is 17.9 Å². The maximum Gasteiger partial charge on any atom is 0.251 e. The van der Waals surface area contributed by atoms with Crippen molar-refractivity contribution in [2.75, 3.05) is 6.54 Å². The van der Waals surface area contributed by atoms with E-state index in [1.807, 2.05) is 49.4 Å². The molecule has 4 rings (SSSR count). The molecule has 2 N–H and O–H groups in total. The predicted molar refractivity (Wildman–Crippen MR) is 125 cm³/mol. The Kier molecular flexibility index (Phi) is 7.05. The summed E-state index contributed by atoms with van der Waals surface area (Å²) >= 11 is 0. The normalized spacial score (nSPS) is 14.5. The largest absolute Gasteiger partial charge is 0.487 e. The molecule has 0 bridgehead atoms. The molecular weight excluding hydrogens is 438 g/mol. The first-order chi connectivity index (χ1) is 15.9. The number of carbonyl (C=O) groups excluding carboxylic acids is 1. The fourth-order valence-electron chi connectivity index (χ4n) is 3.32. The highest BCUT2D eigenvalue weighted by Crippen LogP contribution is 2.28. The van der Waals surface area contributed by atoms with E-state index in [-0.39, 0.29) is 16.8 Å². The molecule has 7 nitrogen and oxygen atoms in total. The van der Waals surface area contributed by atoms with Gasteiger partial charge in [0.15, 0.2) is 0 Å². The lowest BCUT2D eigenvalue weighted by molar-refractivity contribution is 0.0939. The van der Waals surface area contributed by atoms with Crippen LogP contribution in [0.15, 0.2) is 77.8 Å². The van der Waals surface area contributed by atoms with Gasteiger partial charge in [-0.15, -0.1) is 0 Å². The van der Waals surface area contributed by atoms with Crippen molar-refractivity contribution in [1.82, 2.24) is 15.0 Å². The number of benzene rings is 2. The Hall–Kier alpha value is -3.23. The fraction of sp³-hybridized carbons (Fsp3) is 0.280. The third-order valence-electron chi connectivity index (χ3n) is 5.48. The summed E-state index contributed by atoms with van der Waals surface area (Å²) in [6, 6.07) is 18.9. The Bertz CT molecular complexity index is 1210. The first-order valence-corrected chi connectivity index (χ1v) is 12.4. The highest BCUT2D eigenvalue weighted by atomic mass is 32.2. The third-order valence-corrected chi connectivity index (χ3v) is 6.91. The summed E-state index contributed by atoms with van der Waals surface area (Å²) in [5.41, 5.74) is 1.99. The maximum atomic E-state index is 12.8. The molecule has 0 spiro atoms. The van der Waals surface area contributed by atoms with Gasteiger partial charge in [0.25, 0.3) is 5.91 Å². The van der Waals surface area contributed by atoms with Crippen LogP contribution in [0.5, 0.6) is 5.75 Å². The van der Waals surface area contributed by atoms with Crippen LogP contribution in [-0.4, -0.2) is 25.9 Å². The van der Waals surface area contributed by atoms with E-state index in [0.29, 0.717) is 30.4 Å². The van der Waals surface area contributed by atoms with Gasteiger partial charge in [0.2, 0.25) is 10.0 Å². The number of rotatable bonds is 10. The molecule has 0 radical (unpaired) electrons. The SMILES string of the molecule is CC(NC(=O)c1cccc(S(=O)(=O)NCC2CC2)c1)c1cccc(OCc2ccccn2)c1. The number of sulfonamides is 1. The third kappa shape index (κ3) is 6.40. The molecule has 0 saturated heterocycles. The Morgan fingerprint density at radius 3 is 2.67 bits per heavy atom. The molecule has 1 fully saturated rings. The van der Waals surface area contributed by atoms with E-state index >= 15 is 0 Å². The zero-order valence-corrected chi connectivity index (χ0v) is 19.2. The smallest absolute Gasteiger partial charge is 0.251 e. The molecule has 8 heteroatoms. The second-order valence-corrected chi connectivity index (χ2v) is 9.97. The quantitative estimate of drug-likeness (QED) is 0.474. The highest BCUT2D eigenvalue weighted by Gasteiger charge is 2.24. The van der Waals surface area contributed by atoms with Gasteiger partial charge in [-0.1, -0.05) is 24.3 Å². The Morgan fingerprint density at radius 2 is 1.91 bits per heavy atom. The van der Waals surface area contributed by atoms with Crippen LogP contribution in [0.1, 0.15) is 47.4 Å². The number of carbonyl (C=O) groups is 1. The number of hydrogen-bond donors (Lipinski definition) is 2. The van der Waals surface area contributed by atoms with Gasteiger partial charge in [-0.3, -0.25) is 9.78 Å². The van der Waals surface area contributed by atoms with Gasteiger partial charge in [0.1, 0.15) is 12.4 Å². The monoisotopic (exact) mass is 465 g/mol. The predicted octanol–water partition coefficient (Wildman–Crippen LogP) is 3.84. The van der Waals surface area contributed by atoms with Crippen LogP contribution in [0.25, 0.3) is 0 Å². The molecule has 1 aromatic heterocycles. The minimum absolute atomic E-state index is 0.0911. The van der Waals surface area contributed by atoms with Crippen molar-refractivity contribution >= 4 is 15.9 Å². The number of pyridine rings is 1. The number of hydrogen-bond acceptors (Lipinski definition) is 5. The van der Waals surface area contributed by atoms with Gasteiger partial charge in [-0.25, -0.2) is 13.1 Å². The van der Waals surface area contributed by atoms with Crippen LogP contribution in [0.3, 0.4) is 0 Å². The number of nitrogens with zero attached hydrogens (tertiary/aromatic N) is 1. The number of ether oxygens (including phenoxy) is 1. The Balaban J connectivity index is 1.39. The molecule has 33 heavy (non-hydrogen) atoms. The lowest BCUT2D eigenvalue weighted by Crippen LogP contribution is -2.28.